The van der Waals surface area contributed by atoms with Crippen LogP contribution < -0.4 is 10.2 Å². The molecule has 3 unspecified atom stereocenters. The van der Waals surface area contributed by atoms with E-state index in [0.29, 0.717) is 23.9 Å². The van der Waals surface area contributed by atoms with Crippen LogP contribution in [0.5, 0.6) is 0 Å². The molecule has 0 aliphatic rings. The summed E-state index contributed by atoms with van der Waals surface area (Å²) in [5.74, 6) is -0.169. The van der Waals surface area contributed by atoms with Gasteiger partial charge >= 0.3 is 0 Å². The number of aliphatic hydroxyl groups is 1. The lowest BCUT2D eigenvalue weighted by Crippen LogP contribution is -2.46. The van der Waals surface area contributed by atoms with Gasteiger partial charge in [0.2, 0.25) is 5.91 Å². The fraction of sp³-hybridized carbons (Fsp3) is 0.940. The Morgan fingerprint density at radius 2 is 0.932 bits per heavy atom. The molecule has 352 valence electrons. The molecule has 0 saturated heterocycles. The minimum absolute atomic E-state index is 0.0135. The van der Waals surface area contributed by atoms with Crippen LogP contribution in [0.4, 0.5) is 0 Å². The first kappa shape index (κ1) is 58.2. The molecule has 0 heterocycles. The van der Waals surface area contributed by atoms with E-state index in [1.54, 1.807) is 0 Å². The molecule has 0 aliphatic heterocycles. The van der Waals surface area contributed by atoms with Gasteiger partial charge in [0.15, 0.2) is 0 Å². The number of phosphoric ester groups is 1. The number of aliphatic hydroxyl groups excluding tert-OH is 1. The lowest BCUT2D eigenvalue weighted by molar-refractivity contribution is -0.870. The van der Waals surface area contributed by atoms with Gasteiger partial charge in [0.1, 0.15) is 13.2 Å². The first-order valence-corrected chi connectivity index (χ1v) is 27.0. The maximum atomic E-state index is 12.8. The van der Waals surface area contributed by atoms with Crippen molar-refractivity contribution in [2.45, 2.75) is 264 Å². The Bertz CT molecular complexity index is 974. The predicted octanol–water partition coefficient (Wildman–Crippen LogP) is 14.1. The van der Waals surface area contributed by atoms with E-state index in [1.807, 2.05) is 21.1 Å². The number of hydrogen-bond acceptors (Lipinski definition) is 6. The highest BCUT2D eigenvalue weighted by Crippen LogP contribution is 2.38. The van der Waals surface area contributed by atoms with Crippen LogP contribution in [0, 0.1) is 0 Å². The third-order valence-electron chi connectivity index (χ3n) is 11.8. The first-order chi connectivity index (χ1) is 28.5. The molecule has 0 aliphatic carbocycles. The molecule has 0 aromatic rings. The zero-order valence-electron chi connectivity index (χ0n) is 40.0. The number of carbonyl (C=O) groups excluding carboxylic acids is 1. The Kier molecular flexibility index (Phi) is 42.0. The summed E-state index contributed by atoms with van der Waals surface area (Å²) >= 11 is 0. The highest BCUT2D eigenvalue weighted by Gasteiger charge is 2.24. The summed E-state index contributed by atoms with van der Waals surface area (Å²) in [5.41, 5.74) is 0. The molecule has 3 atom stereocenters. The van der Waals surface area contributed by atoms with Crippen LogP contribution in [0.15, 0.2) is 12.2 Å². The molecular weight excluding hydrogens is 756 g/mol. The maximum absolute atomic E-state index is 12.8. The number of nitrogens with zero attached hydrogens (tertiary/aromatic N) is 1. The van der Waals surface area contributed by atoms with Crippen molar-refractivity contribution in [1.29, 1.82) is 0 Å². The summed E-state index contributed by atoms with van der Waals surface area (Å²) in [6.45, 7) is 4.61. The van der Waals surface area contributed by atoms with E-state index >= 15 is 0 Å². The highest BCUT2D eigenvalue weighted by molar-refractivity contribution is 7.45. The topological polar surface area (TPSA) is 108 Å². The summed E-state index contributed by atoms with van der Waals surface area (Å²) in [6.07, 6.45) is 50.4. The van der Waals surface area contributed by atoms with E-state index in [4.69, 9.17) is 9.05 Å². The molecule has 0 bridgehead atoms. The number of amides is 1. The maximum Gasteiger partial charge on any atom is 0.268 e. The number of quaternary nitrogens is 1. The van der Waals surface area contributed by atoms with Crippen molar-refractivity contribution in [2.24, 2.45) is 0 Å². The number of hydrogen-bond donors (Lipinski definition) is 2. The van der Waals surface area contributed by atoms with E-state index in [0.717, 1.165) is 44.9 Å². The average molecular weight is 857 g/mol. The molecule has 8 nitrogen and oxygen atoms in total. The molecule has 59 heavy (non-hydrogen) atoms. The van der Waals surface area contributed by atoms with Crippen LogP contribution in [0.1, 0.15) is 251 Å². The third-order valence-corrected chi connectivity index (χ3v) is 12.7. The smallest absolute Gasteiger partial charge is 0.268 e. The Morgan fingerprint density at radius 1 is 0.576 bits per heavy atom. The van der Waals surface area contributed by atoms with Gasteiger partial charge in [0.05, 0.1) is 39.9 Å². The molecule has 2 N–H and O–H groups in total. The van der Waals surface area contributed by atoms with Crippen LogP contribution >= 0.6 is 7.82 Å². The number of likely N-dealkylation sites (N-methyl/N-ethyl adjacent to an activating group) is 1. The van der Waals surface area contributed by atoms with E-state index < -0.39 is 20.0 Å². The van der Waals surface area contributed by atoms with Crippen LogP contribution in [0.25, 0.3) is 0 Å². The SMILES string of the molecule is CCCCCCCCCC/C=C\CCCCCCCCCCCCCCCCCCCCCCCC(=O)NC(COP(=O)([O-])OCC[N+](C)(C)C)C(O)CCCCCC. The second kappa shape index (κ2) is 42.5. The van der Waals surface area contributed by atoms with E-state index in [-0.39, 0.29) is 19.1 Å². The Balaban J connectivity index is 3.70. The highest BCUT2D eigenvalue weighted by atomic mass is 31.2. The van der Waals surface area contributed by atoms with Crippen LogP contribution in [-0.4, -0.2) is 68.5 Å². The van der Waals surface area contributed by atoms with Gasteiger partial charge in [-0.2, -0.15) is 0 Å². The van der Waals surface area contributed by atoms with Gasteiger partial charge < -0.3 is 28.8 Å². The third kappa shape index (κ3) is 45.1. The fourth-order valence-corrected chi connectivity index (χ4v) is 8.41. The Hall–Kier alpha value is -0.760. The molecule has 0 aromatic heterocycles. The molecule has 0 radical (unpaired) electrons. The van der Waals surface area contributed by atoms with E-state index in [1.165, 1.54) is 180 Å². The Labute approximate surface area is 367 Å². The number of carbonyl (C=O) groups is 1. The first-order valence-electron chi connectivity index (χ1n) is 25.5. The molecular formula is C50H101N2O6P. The van der Waals surface area contributed by atoms with Crippen molar-refractivity contribution in [3.63, 3.8) is 0 Å². The average Bonchev–Trinajstić information content (AvgIpc) is 3.19. The molecule has 0 rings (SSSR count). The van der Waals surface area contributed by atoms with Crippen molar-refractivity contribution < 1.29 is 32.9 Å². The molecule has 9 heteroatoms. The molecule has 0 fully saturated rings. The van der Waals surface area contributed by atoms with E-state index in [9.17, 15) is 19.4 Å². The van der Waals surface area contributed by atoms with Crippen LogP contribution in [0.2, 0.25) is 0 Å². The Morgan fingerprint density at radius 3 is 1.32 bits per heavy atom. The minimum atomic E-state index is -4.54. The monoisotopic (exact) mass is 857 g/mol. The standard InChI is InChI=1S/C50H101N2O6P/c1-6-8-10-12-13-14-15-16-17-18-19-20-21-22-23-24-25-26-27-28-29-30-31-32-33-34-35-36-37-38-39-40-42-44-50(54)51-48(49(53)43-41-11-9-7-2)47-58-59(55,56)57-46-45-52(3,4)5/h18-19,48-49,53H,6-17,20-47H2,1-5H3,(H-,51,54,55,56)/b19-18-. The van der Waals surface area contributed by atoms with Gasteiger partial charge in [-0.25, -0.2) is 0 Å². The number of allylic oxidation sites excluding steroid dienone is 2. The van der Waals surface area contributed by atoms with Crippen molar-refractivity contribution >= 4 is 13.7 Å². The predicted molar refractivity (Wildman–Crippen MR) is 252 cm³/mol. The zero-order valence-corrected chi connectivity index (χ0v) is 40.9. The van der Waals surface area contributed by atoms with Crippen molar-refractivity contribution in [3.05, 3.63) is 12.2 Å². The second-order valence-corrected chi connectivity index (χ2v) is 20.3. The molecule has 1 amide bonds. The minimum Gasteiger partial charge on any atom is -0.756 e. The molecule has 0 saturated carbocycles. The largest absolute Gasteiger partial charge is 0.756 e. The number of rotatable bonds is 47. The summed E-state index contributed by atoms with van der Waals surface area (Å²) in [6, 6.07) is -0.791. The van der Waals surface area contributed by atoms with Crippen molar-refractivity contribution in [2.75, 3.05) is 40.9 Å². The van der Waals surface area contributed by atoms with Gasteiger partial charge in [0.25, 0.3) is 7.82 Å². The van der Waals surface area contributed by atoms with Crippen molar-refractivity contribution in [1.82, 2.24) is 5.32 Å². The molecule has 0 aromatic carbocycles. The quantitative estimate of drug-likeness (QED) is 0.0273. The van der Waals surface area contributed by atoms with Gasteiger partial charge in [-0.1, -0.05) is 219 Å². The van der Waals surface area contributed by atoms with Gasteiger partial charge in [-0.05, 0) is 38.5 Å². The van der Waals surface area contributed by atoms with Gasteiger partial charge in [-0.15, -0.1) is 0 Å². The lowest BCUT2D eigenvalue weighted by atomic mass is 10.0. The fourth-order valence-electron chi connectivity index (χ4n) is 7.68. The van der Waals surface area contributed by atoms with Gasteiger partial charge in [0, 0.05) is 6.42 Å². The van der Waals surface area contributed by atoms with Crippen LogP contribution in [-0.2, 0) is 18.4 Å². The number of phosphoric acid groups is 1. The van der Waals surface area contributed by atoms with Crippen LogP contribution in [0.3, 0.4) is 0 Å². The summed E-state index contributed by atoms with van der Waals surface area (Å²) in [7, 11) is 1.31. The number of unbranched alkanes of at least 4 members (excludes halogenated alkanes) is 32. The number of nitrogens with one attached hydrogen (secondary N) is 1. The second-order valence-electron chi connectivity index (χ2n) is 18.9. The normalized spacial score (nSPS) is 14.2. The van der Waals surface area contributed by atoms with Gasteiger partial charge in [-0.3, -0.25) is 9.36 Å². The summed E-state index contributed by atoms with van der Waals surface area (Å²) in [5, 5.41) is 13.7. The van der Waals surface area contributed by atoms with Crippen molar-refractivity contribution in [3.8, 4) is 0 Å². The molecule has 0 spiro atoms. The zero-order chi connectivity index (χ0) is 43.6. The van der Waals surface area contributed by atoms with E-state index in [2.05, 4.69) is 31.3 Å². The summed E-state index contributed by atoms with van der Waals surface area (Å²) < 4.78 is 23.0. The summed E-state index contributed by atoms with van der Waals surface area (Å²) in [4.78, 5) is 25.1. The lowest BCUT2D eigenvalue weighted by Gasteiger charge is -2.30.